The van der Waals surface area contributed by atoms with Crippen LogP contribution in [0.15, 0.2) is 30.5 Å². The van der Waals surface area contributed by atoms with Crippen LogP contribution in [-0.2, 0) is 11.2 Å². The average Bonchev–Trinajstić information content (AvgIpc) is 3.38. The minimum Gasteiger partial charge on any atom is -0.427 e. The third-order valence-corrected chi connectivity index (χ3v) is 8.51. The van der Waals surface area contributed by atoms with Crippen LogP contribution in [0, 0.1) is 13.8 Å². The minimum atomic E-state index is -0.218. The van der Waals surface area contributed by atoms with Crippen molar-refractivity contribution >= 4 is 40.5 Å². The number of carbonyl (C=O) groups excluding carboxylic acids is 1. The Morgan fingerprint density at radius 2 is 1.90 bits per heavy atom. The summed E-state index contributed by atoms with van der Waals surface area (Å²) in [6, 6.07) is 8.19. The molecule has 3 aromatic rings. The van der Waals surface area contributed by atoms with E-state index in [0.29, 0.717) is 23.2 Å². The maximum Gasteiger partial charge on any atom is 0.311 e. The van der Waals surface area contributed by atoms with E-state index < -0.39 is 0 Å². The third-order valence-electron chi connectivity index (χ3n) is 5.41. The van der Waals surface area contributed by atoms with Gasteiger partial charge in [-0.05, 0) is 62.9 Å². The van der Waals surface area contributed by atoms with E-state index in [1.54, 1.807) is 0 Å². The molecule has 0 radical (unpaired) electrons. The molecule has 0 saturated carbocycles. The summed E-state index contributed by atoms with van der Waals surface area (Å²) < 4.78 is 8.01. The maximum atomic E-state index is 12.4. The highest BCUT2D eigenvalue weighted by atomic mass is 32.2. The first-order chi connectivity index (χ1) is 14.4. The highest BCUT2D eigenvalue weighted by Crippen LogP contribution is 2.45. The number of hydrogen-bond acceptors (Lipinski definition) is 6. The van der Waals surface area contributed by atoms with Crippen molar-refractivity contribution in [2.45, 2.75) is 51.2 Å². The topological polar surface area (TPSA) is 57.0 Å². The molecule has 0 spiro atoms. The number of aromatic nitrogens is 3. The second-order valence-corrected chi connectivity index (χ2v) is 10.6. The summed E-state index contributed by atoms with van der Waals surface area (Å²) in [6.45, 7) is 8.28. The van der Waals surface area contributed by atoms with Crippen LogP contribution in [0.2, 0.25) is 0 Å². The molecule has 2 aromatic heterocycles. The summed E-state index contributed by atoms with van der Waals surface area (Å²) in [5.41, 5.74) is 5.40. The molecule has 0 atom stereocenters. The molecule has 4 rings (SSSR count). The van der Waals surface area contributed by atoms with Crippen LogP contribution in [0.1, 0.15) is 53.3 Å². The summed E-state index contributed by atoms with van der Waals surface area (Å²) in [7, 11) is 0. The molecule has 1 aromatic carbocycles. The fraction of sp³-hybridized carbons (Fsp3) is 0.435. The van der Waals surface area contributed by atoms with E-state index in [9.17, 15) is 4.79 Å². The van der Waals surface area contributed by atoms with Gasteiger partial charge in [-0.3, -0.25) is 4.79 Å². The van der Waals surface area contributed by atoms with Crippen molar-refractivity contribution in [1.82, 2.24) is 14.8 Å². The molecule has 1 saturated heterocycles. The number of thioether (sulfide) groups is 2. The van der Waals surface area contributed by atoms with E-state index in [1.165, 1.54) is 17.1 Å². The number of benzene rings is 1. The summed E-state index contributed by atoms with van der Waals surface area (Å²) in [4.78, 5) is 17.2. The normalized spacial score (nSPS) is 14.7. The average molecular weight is 442 g/mol. The van der Waals surface area contributed by atoms with E-state index >= 15 is 0 Å². The molecule has 30 heavy (non-hydrogen) atoms. The molecule has 3 heterocycles. The van der Waals surface area contributed by atoms with Crippen molar-refractivity contribution in [3.05, 3.63) is 52.8 Å². The number of esters is 1. The lowest BCUT2D eigenvalue weighted by atomic mass is 10.0. The number of rotatable bonds is 6. The first kappa shape index (κ1) is 21.2. The Bertz CT molecular complexity index is 1050. The molecule has 0 bridgehead atoms. The van der Waals surface area contributed by atoms with Crippen LogP contribution < -0.4 is 4.74 Å². The lowest BCUT2D eigenvalue weighted by Crippen LogP contribution is -2.11. The van der Waals surface area contributed by atoms with Crippen molar-refractivity contribution in [3.63, 3.8) is 0 Å². The number of carbonyl (C=O) groups is 1. The van der Waals surface area contributed by atoms with Gasteiger partial charge in [-0.2, -0.15) is 5.10 Å². The zero-order valence-corrected chi connectivity index (χ0v) is 19.5. The van der Waals surface area contributed by atoms with Gasteiger partial charge in [0.2, 0.25) is 0 Å². The van der Waals surface area contributed by atoms with Gasteiger partial charge in [-0.1, -0.05) is 12.1 Å². The Hall–Kier alpha value is -1.99. The van der Waals surface area contributed by atoms with Gasteiger partial charge in [0.15, 0.2) is 5.65 Å². The molecule has 158 valence electrons. The molecule has 0 aliphatic carbocycles. The van der Waals surface area contributed by atoms with Crippen LogP contribution in [0.25, 0.3) is 11.0 Å². The van der Waals surface area contributed by atoms with Crippen LogP contribution in [0.4, 0.5) is 0 Å². The van der Waals surface area contributed by atoms with Crippen molar-refractivity contribution in [2.24, 2.45) is 0 Å². The number of pyridine rings is 1. The SMILES string of the molecule is Cc1nc2c(cnn2C(C)C)c(C)c1CCC(=O)Oc1ccc(C2SCCS2)cc1. The molecule has 1 fully saturated rings. The summed E-state index contributed by atoms with van der Waals surface area (Å²) in [5, 5.41) is 5.54. The van der Waals surface area contributed by atoms with E-state index in [-0.39, 0.29) is 12.0 Å². The predicted molar refractivity (Wildman–Crippen MR) is 125 cm³/mol. The first-order valence-electron chi connectivity index (χ1n) is 10.3. The molecule has 7 heteroatoms. The standard InChI is InChI=1S/C23H27N3O2S2/c1-14(2)26-22-20(13-24-26)15(3)19(16(4)25-22)9-10-21(27)28-18-7-5-17(6-8-18)23-29-11-12-30-23/h5-8,13-14,23H,9-12H2,1-4H3. The van der Waals surface area contributed by atoms with Crippen LogP contribution in [0.5, 0.6) is 5.75 Å². The number of aryl methyl sites for hydroxylation is 2. The minimum absolute atomic E-state index is 0.218. The fourth-order valence-corrected chi connectivity index (χ4v) is 6.65. The second-order valence-electron chi connectivity index (χ2n) is 7.84. The third kappa shape index (κ3) is 4.37. The van der Waals surface area contributed by atoms with Gasteiger partial charge >= 0.3 is 5.97 Å². The number of fused-ring (bicyclic) bond motifs is 1. The smallest absolute Gasteiger partial charge is 0.311 e. The van der Waals surface area contributed by atoms with Gasteiger partial charge in [0.1, 0.15) is 5.75 Å². The summed E-state index contributed by atoms with van der Waals surface area (Å²) in [5.74, 6) is 2.79. The van der Waals surface area contributed by atoms with Gasteiger partial charge in [-0.25, -0.2) is 9.67 Å². The quantitative estimate of drug-likeness (QED) is 0.364. The summed E-state index contributed by atoms with van der Waals surface area (Å²) in [6.07, 6.45) is 2.81. The second kappa shape index (κ2) is 9.02. The molecular formula is C23H27N3O2S2. The van der Waals surface area contributed by atoms with Gasteiger partial charge in [0.25, 0.3) is 0 Å². The van der Waals surface area contributed by atoms with E-state index in [0.717, 1.165) is 27.9 Å². The maximum absolute atomic E-state index is 12.4. The van der Waals surface area contributed by atoms with Crippen molar-refractivity contribution in [1.29, 1.82) is 0 Å². The Labute approximate surface area is 186 Å². The number of ether oxygens (including phenoxy) is 1. The molecule has 0 N–H and O–H groups in total. The lowest BCUT2D eigenvalue weighted by Gasteiger charge is -2.13. The monoisotopic (exact) mass is 441 g/mol. The highest BCUT2D eigenvalue weighted by Gasteiger charge is 2.19. The van der Waals surface area contributed by atoms with Crippen LogP contribution >= 0.6 is 23.5 Å². The van der Waals surface area contributed by atoms with E-state index in [2.05, 4.69) is 38.0 Å². The zero-order valence-electron chi connectivity index (χ0n) is 17.8. The van der Waals surface area contributed by atoms with Crippen molar-refractivity contribution < 1.29 is 9.53 Å². The zero-order chi connectivity index (χ0) is 21.3. The Kier molecular flexibility index (Phi) is 6.39. The Balaban J connectivity index is 1.41. The van der Waals surface area contributed by atoms with Gasteiger partial charge < -0.3 is 4.74 Å². The van der Waals surface area contributed by atoms with Gasteiger partial charge in [0.05, 0.1) is 17.2 Å². The van der Waals surface area contributed by atoms with Gasteiger partial charge in [-0.15, -0.1) is 23.5 Å². The molecule has 0 amide bonds. The number of nitrogens with zero attached hydrogens (tertiary/aromatic N) is 3. The highest BCUT2D eigenvalue weighted by molar-refractivity contribution is 8.19. The molecule has 1 aliphatic rings. The Morgan fingerprint density at radius 1 is 1.20 bits per heavy atom. The van der Waals surface area contributed by atoms with Crippen LogP contribution in [-0.4, -0.2) is 32.2 Å². The Morgan fingerprint density at radius 3 is 2.57 bits per heavy atom. The van der Waals surface area contributed by atoms with Crippen LogP contribution in [0.3, 0.4) is 0 Å². The molecule has 5 nitrogen and oxygen atoms in total. The number of hydrogen-bond donors (Lipinski definition) is 0. The van der Waals surface area contributed by atoms with E-state index in [4.69, 9.17) is 9.72 Å². The predicted octanol–water partition coefficient (Wildman–Crippen LogP) is 5.65. The largest absolute Gasteiger partial charge is 0.427 e. The lowest BCUT2D eigenvalue weighted by molar-refractivity contribution is -0.134. The molecule has 0 unspecified atom stereocenters. The van der Waals surface area contributed by atoms with Crippen molar-refractivity contribution in [2.75, 3.05) is 11.5 Å². The molecular weight excluding hydrogens is 414 g/mol. The first-order valence-corrected chi connectivity index (χ1v) is 12.4. The summed E-state index contributed by atoms with van der Waals surface area (Å²) >= 11 is 3.94. The van der Waals surface area contributed by atoms with Crippen molar-refractivity contribution in [3.8, 4) is 5.75 Å². The fourth-order valence-electron chi connectivity index (χ4n) is 3.79. The van der Waals surface area contributed by atoms with E-state index in [1.807, 2.05) is 53.5 Å². The molecule has 1 aliphatic heterocycles. The van der Waals surface area contributed by atoms with Gasteiger partial charge in [0, 0.05) is 28.6 Å².